The van der Waals surface area contributed by atoms with Crippen molar-refractivity contribution in [1.29, 1.82) is 0 Å². The Labute approximate surface area is 464 Å². The zero-order valence-corrected chi connectivity index (χ0v) is 49.3. The van der Waals surface area contributed by atoms with Crippen molar-refractivity contribution in [2.75, 3.05) is 13.2 Å². The molecule has 0 rings (SSSR count). The van der Waals surface area contributed by atoms with Crippen molar-refractivity contribution in [3.8, 4) is 0 Å². The zero-order chi connectivity index (χ0) is 54.3. The third kappa shape index (κ3) is 61.1. The van der Waals surface area contributed by atoms with Crippen LogP contribution in [0, 0.1) is 0 Å². The molecule has 0 unspecified atom stereocenters. The summed E-state index contributed by atoms with van der Waals surface area (Å²) in [6.45, 7) is 6.46. The first-order valence-corrected chi connectivity index (χ1v) is 31.7. The SMILES string of the molecule is CC/C=C\C/C=C\C/C=C\C/C=C\C/C=C\C/C=C\CCC(=O)OC[C@H](COC(=O)CCCCCCCCCCCCCCCCCCCCCCC)OC(=O)CCCCCCCCC/C=C\C/C=C\CCCCC. The second kappa shape index (κ2) is 62.9. The normalized spacial score (nSPS) is 12.7. The lowest BCUT2D eigenvalue weighted by atomic mass is 10.0. The molecule has 75 heavy (non-hydrogen) atoms. The van der Waals surface area contributed by atoms with Gasteiger partial charge >= 0.3 is 17.9 Å². The van der Waals surface area contributed by atoms with Crippen LogP contribution in [0.15, 0.2) is 97.2 Å². The van der Waals surface area contributed by atoms with Gasteiger partial charge in [0.05, 0.1) is 0 Å². The van der Waals surface area contributed by atoms with Crippen LogP contribution < -0.4 is 0 Å². The van der Waals surface area contributed by atoms with Gasteiger partial charge in [-0.15, -0.1) is 0 Å². The molecule has 0 heterocycles. The van der Waals surface area contributed by atoms with Crippen molar-refractivity contribution >= 4 is 17.9 Å². The monoisotopic (exact) mass is 1040 g/mol. The van der Waals surface area contributed by atoms with Gasteiger partial charge in [0.2, 0.25) is 0 Å². The highest BCUT2D eigenvalue weighted by Crippen LogP contribution is 2.17. The van der Waals surface area contributed by atoms with Crippen LogP contribution in [0.5, 0.6) is 0 Å². The highest BCUT2D eigenvalue weighted by atomic mass is 16.6. The lowest BCUT2D eigenvalue weighted by molar-refractivity contribution is -0.166. The van der Waals surface area contributed by atoms with Gasteiger partial charge in [-0.2, -0.15) is 0 Å². The number of carbonyl (C=O) groups is 3. The van der Waals surface area contributed by atoms with Gasteiger partial charge in [-0.1, -0.05) is 291 Å². The van der Waals surface area contributed by atoms with Crippen LogP contribution in [0.1, 0.15) is 303 Å². The fraction of sp³-hybridized carbons (Fsp3) is 0.725. The number of esters is 3. The van der Waals surface area contributed by atoms with Crippen LogP contribution in [0.2, 0.25) is 0 Å². The topological polar surface area (TPSA) is 78.9 Å². The first kappa shape index (κ1) is 71.3. The van der Waals surface area contributed by atoms with Crippen molar-refractivity contribution in [2.24, 2.45) is 0 Å². The molecule has 0 saturated carbocycles. The summed E-state index contributed by atoms with van der Waals surface area (Å²) in [5.74, 6) is -0.987. The van der Waals surface area contributed by atoms with E-state index in [1.165, 1.54) is 167 Å². The lowest BCUT2D eigenvalue weighted by Gasteiger charge is -2.18. The van der Waals surface area contributed by atoms with Crippen LogP contribution in [-0.4, -0.2) is 37.2 Å². The van der Waals surface area contributed by atoms with Gasteiger partial charge in [-0.3, -0.25) is 14.4 Å². The Morgan fingerprint density at radius 3 is 0.920 bits per heavy atom. The van der Waals surface area contributed by atoms with E-state index >= 15 is 0 Å². The average Bonchev–Trinajstić information content (AvgIpc) is 3.41. The Balaban J connectivity index is 4.46. The van der Waals surface area contributed by atoms with E-state index in [2.05, 4.69) is 112 Å². The Bertz CT molecular complexity index is 1480. The molecule has 0 radical (unpaired) electrons. The van der Waals surface area contributed by atoms with E-state index in [1.54, 1.807) is 0 Å². The molecule has 0 saturated heterocycles. The molecule has 1 atom stereocenters. The van der Waals surface area contributed by atoms with Gasteiger partial charge in [-0.25, -0.2) is 0 Å². The molecule has 430 valence electrons. The zero-order valence-electron chi connectivity index (χ0n) is 49.3. The quantitative estimate of drug-likeness (QED) is 0.0261. The van der Waals surface area contributed by atoms with Gasteiger partial charge in [0.1, 0.15) is 13.2 Å². The van der Waals surface area contributed by atoms with Gasteiger partial charge in [0.25, 0.3) is 0 Å². The molecule has 0 aliphatic carbocycles. The van der Waals surface area contributed by atoms with E-state index in [1.807, 2.05) is 6.08 Å². The van der Waals surface area contributed by atoms with Gasteiger partial charge in [0, 0.05) is 19.3 Å². The average molecular weight is 1040 g/mol. The van der Waals surface area contributed by atoms with E-state index in [4.69, 9.17) is 14.2 Å². The molecule has 0 aliphatic heterocycles. The third-order valence-electron chi connectivity index (χ3n) is 13.6. The molecule has 0 amide bonds. The number of hydrogen-bond acceptors (Lipinski definition) is 6. The Morgan fingerprint density at radius 1 is 0.280 bits per heavy atom. The molecule has 0 aromatic rings. The summed E-state index contributed by atoms with van der Waals surface area (Å²) in [6, 6.07) is 0. The molecule has 0 bridgehead atoms. The lowest BCUT2D eigenvalue weighted by Crippen LogP contribution is -2.30. The maximum Gasteiger partial charge on any atom is 0.306 e. The molecule has 0 aromatic heterocycles. The molecule has 6 nitrogen and oxygen atoms in total. The molecular weight excluding hydrogens is 925 g/mol. The van der Waals surface area contributed by atoms with Crippen molar-refractivity contribution < 1.29 is 28.6 Å². The number of carbonyl (C=O) groups excluding carboxylic acids is 3. The van der Waals surface area contributed by atoms with Gasteiger partial charge in [0.15, 0.2) is 6.10 Å². The molecular formula is C69H118O6. The third-order valence-corrected chi connectivity index (χ3v) is 13.6. The van der Waals surface area contributed by atoms with Crippen molar-refractivity contribution in [3.63, 3.8) is 0 Å². The second-order valence-corrected chi connectivity index (χ2v) is 20.9. The highest BCUT2D eigenvalue weighted by molar-refractivity contribution is 5.71. The van der Waals surface area contributed by atoms with Gasteiger partial charge < -0.3 is 14.2 Å². The molecule has 6 heteroatoms. The Hall–Kier alpha value is -3.67. The summed E-state index contributed by atoms with van der Waals surface area (Å²) in [5.41, 5.74) is 0. The fourth-order valence-electron chi connectivity index (χ4n) is 8.85. The number of rotatable bonds is 57. The molecule has 0 spiro atoms. The minimum absolute atomic E-state index is 0.102. The predicted molar refractivity (Wildman–Crippen MR) is 325 cm³/mol. The fourth-order valence-corrected chi connectivity index (χ4v) is 8.85. The minimum atomic E-state index is -0.813. The summed E-state index contributed by atoms with van der Waals surface area (Å²) in [7, 11) is 0. The van der Waals surface area contributed by atoms with Crippen LogP contribution in [-0.2, 0) is 28.6 Å². The van der Waals surface area contributed by atoms with Crippen LogP contribution in [0.25, 0.3) is 0 Å². The predicted octanol–water partition coefficient (Wildman–Crippen LogP) is 21.7. The van der Waals surface area contributed by atoms with Crippen LogP contribution in [0.4, 0.5) is 0 Å². The summed E-state index contributed by atoms with van der Waals surface area (Å²) in [5, 5.41) is 0. The Kier molecular flexibility index (Phi) is 59.8. The van der Waals surface area contributed by atoms with E-state index in [0.717, 1.165) is 89.9 Å². The first-order valence-electron chi connectivity index (χ1n) is 31.7. The summed E-state index contributed by atoms with van der Waals surface area (Å²) >= 11 is 0. The van der Waals surface area contributed by atoms with E-state index in [0.29, 0.717) is 19.3 Å². The van der Waals surface area contributed by atoms with Crippen molar-refractivity contribution in [3.05, 3.63) is 97.2 Å². The summed E-state index contributed by atoms with van der Waals surface area (Å²) in [6.07, 6.45) is 84.2. The highest BCUT2D eigenvalue weighted by Gasteiger charge is 2.19. The number of hydrogen-bond donors (Lipinski definition) is 0. The molecule has 0 N–H and O–H groups in total. The summed E-state index contributed by atoms with van der Waals surface area (Å²) in [4.78, 5) is 38.3. The second-order valence-electron chi connectivity index (χ2n) is 20.9. The summed E-state index contributed by atoms with van der Waals surface area (Å²) < 4.78 is 16.9. The number of ether oxygens (including phenoxy) is 3. The van der Waals surface area contributed by atoms with Crippen molar-refractivity contribution in [1.82, 2.24) is 0 Å². The molecule has 0 aliphatic rings. The van der Waals surface area contributed by atoms with E-state index in [-0.39, 0.29) is 37.5 Å². The maximum absolute atomic E-state index is 12.9. The Morgan fingerprint density at radius 2 is 0.547 bits per heavy atom. The number of allylic oxidation sites excluding steroid dienone is 16. The van der Waals surface area contributed by atoms with E-state index < -0.39 is 6.10 Å². The molecule has 0 aromatic carbocycles. The minimum Gasteiger partial charge on any atom is -0.462 e. The van der Waals surface area contributed by atoms with Crippen molar-refractivity contribution in [2.45, 2.75) is 309 Å². The van der Waals surface area contributed by atoms with Crippen LogP contribution in [0.3, 0.4) is 0 Å². The smallest absolute Gasteiger partial charge is 0.306 e. The number of unbranched alkanes of at least 4 members (excludes halogenated alkanes) is 30. The van der Waals surface area contributed by atoms with Gasteiger partial charge in [-0.05, 0) is 89.9 Å². The first-order chi connectivity index (χ1) is 37.0. The van der Waals surface area contributed by atoms with Crippen LogP contribution >= 0.6 is 0 Å². The largest absolute Gasteiger partial charge is 0.462 e. The maximum atomic E-state index is 12.9. The molecule has 0 fully saturated rings. The standard InChI is InChI=1S/C69H118O6/c1-4-7-10-13-16-19-22-25-28-31-33-34-36-39-41-44-47-50-53-56-59-62-68(71)74-65-66(75-69(72)63-60-57-54-51-48-45-42-37-30-27-24-21-18-15-12-9-6-3)64-73-67(70)61-58-55-52-49-46-43-40-38-35-32-29-26-23-20-17-14-11-8-5-2/h8,11,17-18,20-21,26-27,29-30,35,38,43,46,52,55,66H,4-7,9-10,12-16,19,22-25,28,31-34,36-37,39-42,44-45,47-51,53-54,56-65H2,1-3H3/b11-8-,20-17-,21-18-,29-26-,30-27-,38-35-,46-43-,55-52-/t66-/m1/s1. The van der Waals surface area contributed by atoms with E-state index in [9.17, 15) is 14.4 Å².